The van der Waals surface area contributed by atoms with Gasteiger partial charge in [0.1, 0.15) is 0 Å². The molecule has 2 nitrogen and oxygen atoms in total. The number of nitrogens with zero attached hydrogens (tertiary/aromatic N) is 2. The maximum Gasteiger partial charge on any atom is 0.199 e. The summed E-state index contributed by atoms with van der Waals surface area (Å²) in [5.41, 5.74) is 0. The van der Waals surface area contributed by atoms with E-state index in [2.05, 4.69) is 32.8 Å². The lowest BCUT2D eigenvalue weighted by Crippen LogP contribution is -2.61. The van der Waals surface area contributed by atoms with Gasteiger partial charge in [-0.3, -0.25) is 0 Å². The molecule has 0 amide bonds. The summed E-state index contributed by atoms with van der Waals surface area (Å²) >= 11 is 3.52. The van der Waals surface area contributed by atoms with Crippen LogP contribution in [0, 0.1) is 0 Å². The minimum absolute atomic E-state index is 1.04. The van der Waals surface area contributed by atoms with Crippen LogP contribution in [0.5, 0.6) is 0 Å². The fraction of sp³-hybridized carbons (Fsp3) is 1.00. The van der Waals surface area contributed by atoms with Crippen molar-refractivity contribution in [1.29, 1.82) is 0 Å². The first-order valence-corrected chi connectivity index (χ1v) is 7.11. The monoisotopic (exact) mass is 218 g/mol. The van der Waals surface area contributed by atoms with Crippen LogP contribution < -0.4 is 0 Å². The van der Waals surface area contributed by atoms with E-state index in [9.17, 15) is 0 Å². The van der Waals surface area contributed by atoms with Gasteiger partial charge in [-0.25, -0.2) is 3.59 Å². The Balaban J connectivity index is 2.63. The molecule has 10 heavy (non-hydrogen) atoms. The Morgan fingerprint density at radius 2 is 2.00 bits per heavy atom. The molecule has 2 radical (unpaired) electrons. The predicted molar refractivity (Wildman–Crippen MR) is 50.2 cm³/mol. The van der Waals surface area contributed by atoms with Crippen LogP contribution in [0.4, 0.5) is 0 Å². The summed E-state index contributed by atoms with van der Waals surface area (Å²) < 4.78 is 4.22. The van der Waals surface area contributed by atoms with Crippen molar-refractivity contribution in [2.75, 3.05) is 13.1 Å². The molecular formula is C5H12BBrN2Si. The van der Waals surface area contributed by atoms with Crippen molar-refractivity contribution in [1.82, 2.24) is 8.07 Å². The van der Waals surface area contributed by atoms with Crippen LogP contribution in [-0.4, -0.2) is 37.5 Å². The summed E-state index contributed by atoms with van der Waals surface area (Å²) in [5, 5.41) is 0. The zero-order valence-electron chi connectivity index (χ0n) is 6.47. The van der Waals surface area contributed by atoms with Crippen LogP contribution in [0.25, 0.3) is 0 Å². The minimum atomic E-state index is -1.44. The molecule has 1 aliphatic heterocycles. The first-order chi connectivity index (χ1) is 4.55. The lowest BCUT2D eigenvalue weighted by atomic mass is 10.3. The average Bonchev–Trinajstić information content (AvgIpc) is 1.84. The van der Waals surface area contributed by atoms with Crippen LogP contribution in [0.15, 0.2) is 0 Å². The molecule has 5 heteroatoms. The highest BCUT2D eigenvalue weighted by atomic mass is 79.9. The molecule has 0 N–H and O–H groups in total. The summed E-state index contributed by atoms with van der Waals surface area (Å²) in [6, 6.07) is 0. The van der Waals surface area contributed by atoms with Crippen molar-refractivity contribution in [2.24, 2.45) is 0 Å². The first kappa shape index (κ1) is 8.78. The normalized spacial score (nSPS) is 28.7. The second-order valence-corrected chi connectivity index (χ2v) is 8.74. The third-order valence-electron chi connectivity index (χ3n) is 2.05. The van der Waals surface area contributed by atoms with Crippen LogP contribution in [0.1, 0.15) is 6.42 Å². The number of halogens is 1. The van der Waals surface area contributed by atoms with E-state index in [1.54, 1.807) is 0 Å². The van der Waals surface area contributed by atoms with Crippen molar-refractivity contribution in [3.05, 3.63) is 0 Å². The van der Waals surface area contributed by atoms with Crippen LogP contribution in [0.2, 0.25) is 13.1 Å². The molecule has 1 aliphatic rings. The summed E-state index contributed by atoms with van der Waals surface area (Å²) in [6.45, 7) is 6.65. The van der Waals surface area contributed by atoms with Gasteiger partial charge in [-0.05, 0) is 26.1 Å². The molecule has 1 heterocycles. The molecule has 0 unspecified atom stereocenters. The first-order valence-electron chi connectivity index (χ1n) is 3.51. The summed E-state index contributed by atoms with van der Waals surface area (Å²) in [7, 11) is 4.39. The maximum atomic E-state index is 5.83. The highest BCUT2D eigenvalue weighted by Gasteiger charge is 2.35. The molecule has 1 rings (SSSR count). The van der Waals surface area contributed by atoms with Gasteiger partial charge in [-0.15, -0.1) is 0 Å². The number of hydrogen-bond acceptors (Lipinski definition) is 2. The van der Waals surface area contributed by atoms with E-state index in [1.807, 2.05) is 4.48 Å². The Labute approximate surface area is 73.5 Å². The van der Waals surface area contributed by atoms with Gasteiger partial charge in [-0.2, -0.15) is 0 Å². The lowest BCUT2D eigenvalue weighted by molar-refractivity contribution is 0.465. The van der Waals surface area contributed by atoms with Gasteiger partial charge in [-0.1, -0.05) is 0 Å². The van der Waals surface area contributed by atoms with E-state index >= 15 is 0 Å². The zero-order valence-corrected chi connectivity index (χ0v) is 9.06. The molecule has 0 spiro atoms. The molecule has 0 aromatic rings. The molecule has 0 aliphatic carbocycles. The second kappa shape index (κ2) is 2.97. The fourth-order valence-corrected chi connectivity index (χ4v) is 3.62. The lowest BCUT2D eigenvalue weighted by Gasteiger charge is -2.44. The van der Waals surface area contributed by atoms with Crippen molar-refractivity contribution < 1.29 is 0 Å². The van der Waals surface area contributed by atoms with Crippen molar-refractivity contribution in [3.63, 3.8) is 0 Å². The Morgan fingerprint density at radius 1 is 1.40 bits per heavy atom. The van der Waals surface area contributed by atoms with Crippen molar-refractivity contribution >= 4 is 32.5 Å². The molecule has 0 aromatic carbocycles. The standard InChI is InChI=1S/C5H12BBrN2Si/c1-10(2)8(6)4-3-5-9(10)7/h3-5H2,1-2H3. The van der Waals surface area contributed by atoms with Crippen molar-refractivity contribution in [2.45, 2.75) is 19.5 Å². The Bertz CT molecular complexity index is 121. The van der Waals surface area contributed by atoms with E-state index < -0.39 is 8.40 Å². The third kappa shape index (κ3) is 1.47. The molecule has 0 bridgehead atoms. The van der Waals surface area contributed by atoms with Gasteiger partial charge < -0.3 is 4.48 Å². The Hall–Kier alpha value is 0.682. The van der Waals surface area contributed by atoms with Gasteiger partial charge in [0, 0.05) is 22.7 Å². The van der Waals surface area contributed by atoms with Gasteiger partial charge in [0.2, 0.25) is 0 Å². The summed E-state index contributed by atoms with van der Waals surface area (Å²) in [6.07, 6.45) is 1.16. The van der Waals surface area contributed by atoms with E-state index in [1.165, 1.54) is 0 Å². The third-order valence-corrected chi connectivity index (χ3v) is 8.05. The topological polar surface area (TPSA) is 6.48 Å². The van der Waals surface area contributed by atoms with E-state index in [0.29, 0.717) is 0 Å². The van der Waals surface area contributed by atoms with Gasteiger partial charge in [0.15, 0.2) is 16.4 Å². The Kier molecular flexibility index (Phi) is 2.60. The van der Waals surface area contributed by atoms with Gasteiger partial charge >= 0.3 is 0 Å². The second-order valence-electron chi connectivity index (χ2n) is 3.13. The number of rotatable bonds is 0. The smallest absolute Gasteiger partial charge is 0.199 e. The van der Waals surface area contributed by atoms with Crippen LogP contribution in [0.3, 0.4) is 0 Å². The highest BCUT2D eigenvalue weighted by Crippen LogP contribution is 2.22. The molecule has 1 saturated heterocycles. The van der Waals surface area contributed by atoms with Crippen LogP contribution in [-0.2, 0) is 0 Å². The largest absolute Gasteiger partial charge is 0.362 e. The molecule has 56 valence electrons. The van der Waals surface area contributed by atoms with Crippen LogP contribution >= 0.6 is 16.1 Å². The predicted octanol–water partition coefficient (Wildman–Crippen LogP) is 1.09. The number of hydrogen-bond donors (Lipinski definition) is 0. The van der Waals surface area contributed by atoms with Gasteiger partial charge in [0.05, 0.1) is 0 Å². The zero-order chi connectivity index (χ0) is 7.78. The molecule has 0 atom stereocenters. The molecule has 0 aromatic heterocycles. The maximum absolute atomic E-state index is 5.83. The van der Waals surface area contributed by atoms with E-state index in [4.69, 9.17) is 7.98 Å². The summed E-state index contributed by atoms with van der Waals surface area (Å²) in [4.78, 5) is 0. The van der Waals surface area contributed by atoms with Crippen molar-refractivity contribution in [3.8, 4) is 0 Å². The highest BCUT2D eigenvalue weighted by molar-refractivity contribution is 9.08. The van der Waals surface area contributed by atoms with E-state index in [-0.39, 0.29) is 0 Å². The molecule has 0 saturated carbocycles. The minimum Gasteiger partial charge on any atom is -0.362 e. The SMILES string of the molecule is [B]N1CCCN(Br)[Si]1(C)C. The fourth-order valence-electron chi connectivity index (χ4n) is 1.07. The molecule has 1 fully saturated rings. The van der Waals surface area contributed by atoms with Gasteiger partial charge in [0.25, 0.3) is 0 Å². The average molecular weight is 219 g/mol. The Morgan fingerprint density at radius 3 is 2.40 bits per heavy atom. The molecular weight excluding hydrogens is 207 g/mol. The quantitative estimate of drug-likeness (QED) is 0.444. The summed E-state index contributed by atoms with van der Waals surface area (Å²) in [5.74, 6) is 0. The van der Waals surface area contributed by atoms with E-state index in [0.717, 1.165) is 19.5 Å².